The zero-order valence-electron chi connectivity index (χ0n) is 12.1. The first kappa shape index (κ1) is 14.2. The smallest absolute Gasteiger partial charge is 0.161 e. The third-order valence-electron chi connectivity index (χ3n) is 4.01. The number of phenolic OH excluding ortho intramolecular Hbond substituents is 1. The molecule has 1 aromatic rings. The largest absolute Gasteiger partial charge is 0.504 e. The van der Waals surface area contributed by atoms with Gasteiger partial charge in [0.15, 0.2) is 11.5 Å². The Balaban J connectivity index is 1.94. The molecule has 0 spiro atoms. The number of hydrogen-bond acceptors (Lipinski definition) is 3. The van der Waals surface area contributed by atoms with E-state index in [0.29, 0.717) is 12.4 Å². The van der Waals surface area contributed by atoms with E-state index in [1.54, 1.807) is 6.07 Å². The molecule has 0 aromatic heterocycles. The fraction of sp³-hybridized carbons (Fsp3) is 0.625. The zero-order chi connectivity index (χ0) is 13.7. The molecular formula is C16H25NO2. The lowest BCUT2D eigenvalue weighted by Gasteiger charge is -2.31. The summed E-state index contributed by atoms with van der Waals surface area (Å²) in [5, 5.41) is 9.70. The van der Waals surface area contributed by atoms with E-state index in [4.69, 9.17) is 4.74 Å². The summed E-state index contributed by atoms with van der Waals surface area (Å²) in [7, 11) is 0. The predicted molar refractivity (Wildman–Crippen MR) is 77.6 cm³/mol. The van der Waals surface area contributed by atoms with E-state index < -0.39 is 0 Å². The van der Waals surface area contributed by atoms with Crippen LogP contribution in [0.3, 0.4) is 0 Å². The first-order valence-electron chi connectivity index (χ1n) is 7.40. The van der Waals surface area contributed by atoms with E-state index in [2.05, 4.69) is 11.8 Å². The summed E-state index contributed by atoms with van der Waals surface area (Å²) in [5.74, 6) is 1.74. The molecule has 3 nitrogen and oxygen atoms in total. The molecule has 1 aliphatic rings. The van der Waals surface area contributed by atoms with Crippen LogP contribution in [0.25, 0.3) is 0 Å². The molecule has 0 bridgehead atoms. The second-order valence-corrected chi connectivity index (χ2v) is 5.36. The Hall–Kier alpha value is -1.22. The Kier molecular flexibility index (Phi) is 5.08. The number of aromatic hydroxyl groups is 1. The average Bonchev–Trinajstić information content (AvgIpc) is 2.44. The van der Waals surface area contributed by atoms with Crippen molar-refractivity contribution in [1.82, 2.24) is 4.90 Å². The number of phenols is 1. The van der Waals surface area contributed by atoms with Crippen LogP contribution in [0.2, 0.25) is 0 Å². The molecule has 1 heterocycles. The van der Waals surface area contributed by atoms with E-state index in [0.717, 1.165) is 12.5 Å². The Bertz CT molecular complexity index is 398. The second-order valence-electron chi connectivity index (χ2n) is 5.36. The molecule has 1 N–H and O–H groups in total. The van der Waals surface area contributed by atoms with Crippen LogP contribution in [0, 0.1) is 5.92 Å². The summed E-state index contributed by atoms with van der Waals surface area (Å²) in [6.45, 7) is 8.12. The highest BCUT2D eigenvalue weighted by atomic mass is 16.5. The summed E-state index contributed by atoms with van der Waals surface area (Å²) in [4.78, 5) is 2.49. The topological polar surface area (TPSA) is 32.7 Å². The zero-order valence-corrected chi connectivity index (χ0v) is 12.1. The van der Waals surface area contributed by atoms with Crippen LogP contribution < -0.4 is 4.74 Å². The highest BCUT2D eigenvalue weighted by Gasteiger charge is 2.18. The molecule has 0 saturated carbocycles. The van der Waals surface area contributed by atoms with Gasteiger partial charge >= 0.3 is 0 Å². The highest BCUT2D eigenvalue weighted by Crippen LogP contribution is 2.28. The highest BCUT2D eigenvalue weighted by molar-refractivity contribution is 5.41. The normalized spacial score (nSPS) is 17.6. The molecule has 19 heavy (non-hydrogen) atoms. The van der Waals surface area contributed by atoms with Gasteiger partial charge in [0.2, 0.25) is 0 Å². The fourth-order valence-electron chi connectivity index (χ4n) is 2.74. The molecule has 0 aliphatic carbocycles. The monoisotopic (exact) mass is 263 g/mol. The molecule has 0 radical (unpaired) electrons. The molecule has 1 fully saturated rings. The van der Waals surface area contributed by atoms with Crippen LogP contribution in [-0.2, 0) is 6.54 Å². The maximum absolute atomic E-state index is 9.70. The number of likely N-dealkylation sites (tertiary alicyclic amines) is 1. The number of piperidine rings is 1. The Morgan fingerprint density at radius 3 is 2.63 bits per heavy atom. The van der Waals surface area contributed by atoms with Crippen molar-refractivity contribution in [2.45, 2.75) is 39.7 Å². The molecule has 3 heteroatoms. The summed E-state index contributed by atoms with van der Waals surface area (Å²) < 4.78 is 5.43. The Morgan fingerprint density at radius 1 is 1.26 bits per heavy atom. The molecule has 0 unspecified atom stereocenters. The number of hydrogen-bond donors (Lipinski definition) is 1. The van der Waals surface area contributed by atoms with E-state index in [1.165, 1.54) is 37.9 Å². The van der Waals surface area contributed by atoms with E-state index >= 15 is 0 Å². The maximum Gasteiger partial charge on any atom is 0.161 e. The van der Waals surface area contributed by atoms with Gasteiger partial charge in [0.25, 0.3) is 0 Å². The molecule has 1 saturated heterocycles. The third-order valence-corrected chi connectivity index (χ3v) is 4.01. The van der Waals surface area contributed by atoms with Gasteiger partial charge < -0.3 is 9.84 Å². The standard InChI is InChI=1S/C16H25NO2/c1-3-13-7-9-17(10-8-13)12-14-5-6-15(18)16(11-14)19-4-2/h5-6,11,13,18H,3-4,7-10,12H2,1-2H3. The van der Waals surface area contributed by atoms with Gasteiger partial charge in [0.05, 0.1) is 6.61 Å². The minimum absolute atomic E-state index is 0.232. The summed E-state index contributed by atoms with van der Waals surface area (Å²) in [5.41, 5.74) is 1.22. The lowest BCUT2D eigenvalue weighted by atomic mass is 9.94. The molecule has 1 aromatic carbocycles. The van der Waals surface area contributed by atoms with Crippen LogP contribution in [-0.4, -0.2) is 29.7 Å². The van der Waals surface area contributed by atoms with Crippen LogP contribution in [0.15, 0.2) is 18.2 Å². The fourth-order valence-corrected chi connectivity index (χ4v) is 2.74. The van der Waals surface area contributed by atoms with Crippen molar-refractivity contribution in [2.24, 2.45) is 5.92 Å². The van der Waals surface area contributed by atoms with Crippen molar-refractivity contribution in [2.75, 3.05) is 19.7 Å². The Morgan fingerprint density at radius 2 is 2.00 bits per heavy atom. The van der Waals surface area contributed by atoms with Crippen LogP contribution in [0.1, 0.15) is 38.7 Å². The summed E-state index contributed by atoms with van der Waals surface area (Å²) >= 11 is 0. The first-order valence-corrected chi connectivity index (χ1v) is 7.40. The molecule has 106 valence electrons. The third kappa shape index (κ3) is 3.87. The van der Waals surface area contributed by atoms with Crippen molar-refractivity contribution in [1.29, 1.82) is 0 Å². The van der Waals surface area contributed by atoms with Crippen LogP contribution in [0.5, 0.6) is 11.5 Å². The van der Waals surface area contributed by atoms with Crippen LogP contribution >= 0.6 is 0 Å². The number of benzene rings is 1. The SMILES string of the molecule is CCOc1cc(CN2CCC(CC)CC2)ccc1O. The van der Waals surface area contributed by atoms with Crippen molar-refractivity contribution in [3.05, 3.63) is 23.8 Å². The van der Waals surface area contributed by atoms with Crippen LogP contribution in [0.4, 0.5) is 0 Å². The van der Waals surface area contributed by atoms with E-state index in [1.807, 2.05) is 19.1 Å². The van der Waals surface area contributed by atoms with Gasteiger partial charge in [0.1, 0.15) is 0 Å². The van der Waals surface area contributed by atoms with Gasteiger partial charge in [-0.3, -0.25) is 4.90 Å². The average molecular weight is 263 g/mol. The van der Waals surface area contributed by atoms with Crippen molar-refractivity contribution >= 4 is 0 Å². The molecule has 0 atom stereocenters. The number of nitrogens with zero attached hydrogens (tertiary/aromatic N) is 1. The van der Waals surface area contributed by atoms with Gasteiger partial charge in [-0.1, -0.05) is 19.4 Å². The summed E-state index contributed by atoms with van der Waals surface area (Å²) in [6.07, 6.45) is 3.93. The minimum Gasteiger partial charge on any atom is -0.504 e. The molecule has 0 amide bonds. The summed E-state index contributed by atoms with van der Waals surface area (Å²) in [6, 6.07) is 5.69. The van der Waals surface area contributed by atoms with E-state index in [-0.39, 0.29) is 5.75 Å². The second kappa shape index (κ2) is 6.80. The number of ether oxygens (including phenoxy) is 1. The molecule has 2 rings (SSSR count). The van der Waals surface area contributed by atoms with Gasteiger partial charge in [0, 0.05) is 6.54 Å². The number of rotatable bonds is 5. The minimum atomic E-state index is 0.232. The Labute approximate surface area is 116 Å². The van der Waals surface area contributed by atoms with Gasteiger partial charge in [-0.15, -0.1) is 0 Å². The van der Waals surface area contributed by atoms with Crippen molar-refractivity contribution in [3.8, 4) is 11.5 Å². The van der Waals surface area contributed by atoms with Crippen molar-refractivity contribution in [3.63, 3.8) is 0 Å². The van der Waals surface area contributed by atoms with Gasteiger partial charge in [-0.05, 0) is 56.5 Å². The lowest BCUT2D eigenvalue weighted by Crippen LogP contribution is -2.32. The lowest BCUT2D eigenvalue weighted by molar-refractivity contribution is 0.175. The van der Waals surface area contributed by atoms with Crippen molar-refractivity contribution < 1.29 is 9.84 Å². The first-order chi connectivity index (χ1) is 9.22. The van der Waals surface area contributed by atoms with Gasteiger partial charge in [-0.2, -0.15) is 0 Å². The molecular weight excluding hydrogens is 238 g/mol. The maximum atomic E-state index is 9.70. The molecule has 1 aliphatic heterocycles. The predicted octanol–water partition coefficient (Wildman–Crippen LogP) is 3.41. The van der Waals surface area contributed by atoms with Gasteiger partial charge in [-0.25, -0.2) is 0 Å². The quantitative estimate of drug-likeness (QED) is 0.883. The van der Waals surface area contributed by atoms with E-state index in [9.17, 15) is 5.11 Å².